The van der Waals surface area contributed by atoms with Gasteiger partial charge in [-0.2, -0.15) is 5.10 Å². The van der Waals surface area contributed by atoms with Crippen LogP contribution in [-0.2, 0) is 36.2 Å². The summed E-state index contributed by atoms with van der Waals surface area (Å²) in [6, 6.07) is 5.58. The molecule has 1 saturated heterocycles. The highest BCUT2D eigenvalue weighted by Crippen LogP contribution is 2.26. The Morgan fingerprint density at radius 2 is 2.19 bits per heavy atom. The topological polar surface area (TPSA) is 69.5 Å². The van der Waals surface area contributed by atoms with Crippen LogP contribution in [0, 0.1) is 5.92 Å². The second-order valence-corrected chi connectivity index (χ2v) is 6.85. The number of pyridine rings is 1. The van der Waals surface area contributed by atoms with Crippen molar-refractivity contribution >= 4 is 5.91 Å². The number of aryl methyl sites for hydroxylation is 1. The standard InChI is InChI=1S/C19H24N4O3/c1-22-17-5-9-23(19(24)14-6-10-25-11-7-14)12-15(17)16(21-22)13-26-18-4-2-3-8-20-18/h2-4,8,14H,5-7,9-13H2,1H3. The summed E-state index contributed by atoms with van der Waals surface area (Å²) < 4.78 is 13.1. The van der Waals surface area contributed by atoms with Gasteiger partial charge in [-0.1, -0.05) is 6.07 Å². The molecule has 26 heavy (non-hydrogen) atoms. The second-order valence-electron chi connectivity index (χ2n) is 6.85. The maximum absolute atomic E-state index is 12.9. The molecule has 0 aromatic carbocycles. The third-order valence-corrected chi connectivity index (χ3v) is 5.20. The molecule has 4 heterocycles. The molecule has 2 aromatic heterocycles. The molecular weight excluding hydrogens is 332 g/mol. The van der Waals surface area contributed by atoms with Gasteiger partial charge in [0, 0.05) is 69.2 Å². The summed E-state index contributed by atoms with van der Waals surface area (Å²) >= 11 is 0. The molecule has 0 unspecified atom stereocenters. The number of aromatic nitrogens is 3. The van der Waals surface area contributed by atoms with Gasteiger partial charge in [0.15, 0.2) is 0 Å². The minimum Gasteiger partial charge on any atom is -0.471 e. The maximum atomic E-state index is 12.9. The van der Waals surface area contributed by atoms with Crippen molar-refractivity contribution in [3.8, 4) is 5.88 Å². The van der Waals surface area contributed by atoms with Crippen LogP contribution in [0.3, 0.4) is 0 Å². The van der Waals surface area contributed by atoms with Crippen molar-refractivity contribution in [1.82, 2.24) is 19.7 Å². The Morgan fingerprint density at radius 1 is 1.35 bits per heavy atom. The Morgan fingerprint density at radius 3 is 2.96 bits per heavy atom. The number of hydrogen-bond donors (Lipinski definition) is 0. The Bertz CT molecular complexity index is 769. The number of hydrogen-bond acceptors (Lipinski definition) is 5. The van der Waals surface area contributed by atoms with Crippen LogP contribution in [0.5, 0.6) is 5.88 Å². The van der Waals surface area contributed by atoms with Gasteiger partial charge in [-0.05, 0) is 18.9 Å². The van der Waals surface area contributed by atoms with E-state index in [9.17, 15) is 4.79 Å². The van der Waals surface area contributed by atoms with E-state index in [0.29, 0.717) is 32.2 Å². The van der Waals surface area contributed by atoms with Crippen LogP contribution in [-0.4, -0.2) is 45.3 Å². The lowest BCUT2D eigenvalue weighted by molar-refractivity contribution is -0.139. The maximum Gasteiger partial charge on any atom is 0.226 e. The molecule has 0 N–H and O–H groups in total. The molecule has 4 rings (SSSR count). The van der Waals surface area contributed by atoms with Gasteiger partial charge >= 0.3 is 0 Å². The van der Waals surface area contributed by atoms with Gasteiger partial charge in [-0.3, -0.25) is 9.48 Å². The molecule has 2 aromatic rings. The molecule has 0 radical (unpaired) electrons. The van der Waals surface area contributed by atoms with E-state index in [1.54, 1.807) is 6.20 Å². The molecule has 7 heteroatoms. The zero-order chi connectivity index (χ0) is 17.9. The summed E-state index contributed by atoms with van der Waals surface area (Å²) in [5, 5.41) is 4.62. The Balaban J connectivity index is 1.47. The lowest BCUT2D eigenvalue weighted by Crippen LogP contribution is -2.41. The van der Waals surface area contributed by atoms with Crippen LogP contribution in [0.25, 0.3) is 0 Å². The van der Waals surface area contributed by atoms with E-state index in [4.69, 9.17) is 9.47 Å². The number of ether oxygens (including phenoxy) is 2. The molecular formula is C19H24N4O3. The van der Waals surface area contributed by atoms with E-state index in [2.05, 4.69) is 10.1 Å². The summed E-state index contributed by atoms with van der Waals surface area (Å²) in [5.74, 6) is 0.924. The molecule has 7 nitrogen and oxygen atoms in total. The fraction of sp³-hybridized carbons (Fsp3) is 0.526. The Kier molecular flexibility index (Phi) is 4.88. The van der Waals surface area contributed by atoms with Crippen LogP contribution in [0.2, 0.25) is 0 Å². The quantitative estimate of drug-likeness (QED) is 0.834. The van der Waals surface area contributed by atoms with Crippen molar-refractivity contribution in [3.05, 3.63) is 41.3 Å². The molecule has 0 bridgehead atoms. The van der Waals surface area contributed by atoms with Gasteiger partial charge in [0.25, 0.3) is 0 Å². The largest absolute Gasteiger partial charge is 0.471 e. The van der Waals surface area contributed by atoms with Gasteiger partial charge in [-0.15, -0.1) is 0 Å². The Labute approximate surface area is 152 Å². The van der Waals surface area contributed by atoms with Crippen molar-refractivity contribution in [3.63, 3.8) is 0 Å². The number of rotatable bonds is 4. The lowest BCUT2D eigenvalue weighted by atomic mass is 9.96. The predicted octanol–water partition coefficient (Wildman–Crippen LogP) is 1.71. The van der Waals surface area contributed by atoms with Gasteiger partial charge in [0.05, 0.1) is 0 Å². The van der Waals surface area contributed by atoms with Crippen molar-refractivity contribution < 1.29 is 14.3 Å². The number of carbonyl (C=O) groups excluding carboxylic acids is 1. The van der Waals surface area contributed by atoms with Crippen molar-refractivity contribution in [2.75, 3.05) is 19.8 Å². The molecule has 0 spiro atoms. The minimum absolute atomic E-state index is 0.0928. The fourth-order valence-electron chi connectivity index (χ4n) is 3.75. The van der Waals surface area contributed by atoms with Crippen molar-refractivity contribution in [2.45, 2.75) is 32.4 Å². The van der Waals surface area contributed by atoms with Crippen LogP contribution in [0.1, 0.15) is 29.8 Å². The zero-order valence-corrected chi connectivity index (χ0v) is 15.1. The second kappa shape index (κ2) is 7.45. The van der Waals surface area contributed by atoms with E-state index in [1.165, 1.54) is 5.69 Å². The van der Waals surface area contributed by atoms with Crippen LogP contribution >= 0.6 is 0 Å². The van der Waals surface area contributed by atoms with Crippen molar-refractivity contribution in [1.29, 1.82) is 0 Å². The molecule has 0 aliphatic carbocycles. The average molecular weight is 356 g/mol. The molecule has 0 saturated carbocycles. The van der Waals surface area contributed by atoms with E-state index in [1.807, 2.05) is 34.8 Å². The first kappa shape index (κ1) is 17.0. The first-order valence-electron chi connectivity index (χ1n) is 9.16. The number of fused-ring (bicyclic) bond motifs is 1. The van der Waals surface area contributed by atoms with Gasteiger partial charge < -0.3 is 14.4 Å². The summed E-state index contributed by atoms with van der Waals surface area (Å²) in [7, 11) is 1.96. The Hall–Kier alpha value is -2.41. The molecule has 1 amide bonds. The van der Waals surface area contributed by atoms with Crippen LogP contribution in [0.15, 0.2) is 24.4 Å². The van der Waals surface area contributed by atoms with E-state index in [-0.39, 0.29) is 11.8 Å². The predicted molar refractivity (Wildman–Crippen MR) is 94.4 cm³/mol. The molecule has 1 fully saturated rings. The summed E-state index contributed by atoms with van der Waals surface area (Å²) in [4.78, 5) is 19.0. The zero-order valence-electron chi connectivity index (χ0n) is 15.1. The highest BCUT2D eigenvalue weighted by atomic mass is 16.5. The summed E-state index contributed by atoms with van der Waals surface area (Å²) in [6.45, 7) is 3.10. The average Bonchev–Trinajstić information content (AvgIpc) is 3.02. The number of amides is 1. The first-order chi connectivity index (χ1) is 12.7. The minimum atomic E-state index is 0.0928. The van der Waals surface area contributed by atoms with Crippen LogP contribution in [0.4, 0.5) is 0 Å². The SMILES string of the molecule is Cn1nc(COc2ccccn2)c2c1CCN(C(=O)C1CCOCC1)C2. The smallest absolute Gasteiger partial charge is 0.226 e. The number of nitrogens with zero attached hydrogens (tertiary/aromatic N) is 4. The van der Waals surface area contributed by atoms with Crippen LogP contribution < -0.4 is 4.74 Å². The number of carbonyl (C=O) groups is 1. The monoisotopic (exact) mass is 356 g/mol. The van der Waals surface area contributed by atoms with E-state index in [0.717, 1.165) is 37.1 Å². The normalized spacial score (nSPS) is 17.8. The highest BCUT2D eigenvalue weighted by Gasteiger charge is 2.31. The first-order valence-corrected chi connectivity index (χ1v) is 9.16. The molecule has 0 atom stereocenters. The molecule has 2 aliphatic rings. The molecule has 2 aliphatic heterocycles. The van der Waals surface area contributed by atoms with Crippen molar-refractivity contribution in [2.24, 2.45) is 13.0 Å². The van der Waals surface area contributed by atoms with E-state index < -0.39 is 0 Å². The third-order valence-electron chi connectivity index (χ3n) is 5.20. The van der Waals surface area contributed by atoms with Gasteiger partial charge in [0.2, 0.25) is 11.8 Å². The fourth-order valence-corrected chi connectivity index (χ4v) is 3.75. The summed E-state index contributed by atoms with van der Waals surface area (Å²) in [5.41, 5.74) is 3.20. The molecule has 138 valence electrons. The van der Waals surface area contributed by atoms with E-state index >= 15 is 0 Å². The van der Waals surface area contributed by atoms with Gasteiger partial charge in [0.1, 0.15) is 12.3 Å². The third kappa shape index (κ3) is 3.44. The summed E-state index contributed by atoms with van der Waals surface area (Å²) in [6.07, 6.45) is 4.19. The van der Waals surface area contributed by atoms with Gasteiger partial charge in [-0.25, -0.2) is 4.98 Å². The highest BCUT2D eigenvalue weighted by molar-refractivity contribution is 5.79. The lowest BCUT2D eigenvalue weighted by Gasteiger charge is -2.32.